The van der Waals surface area contributed by atoms with Crippen molar-refractivity contribution >= 4 is 21.4 Å². The quantitative estimate of drug-likeness (QED) is 0.644. The minimum absolute atomic E-state index is 0.0295. The van der Waals surface area contributed by atoms with Gasteiger partial charge in [0.15, 0.2) is 21.4 Å². The minimum Gasteiger partial charge on any atom is -0.382 e. The zero-order valence-corrected chi connectivity index (χ0v) is 16.5. The van der Waals surface area contributed by atoms with Gasteiger partial charge >= 0.3 is 0 Å². The van der Waals surface area contributed by atoms with E-state index in [0.717, 1.165) is 16.7 Å². The van der Waals surface area contributed by atoms with Crippen molar-refractivity contribution < 1.29 is 13.2 Å². The summed E-state index contributed by atoms with van der Waals surface area (Å²) < 4.78 is 22.7. The van der Waals surface area contributed by atoms with E-state index in [1.807, 2.05) is 31.2 Å². The average Bonchev–Trinajstić information content (AvgIpc) is 2.63. The summed E-state index contributed by atoms with van der Waals surface area (Å²) in [6, 6.07) is 14.7. The Labute approximate surface area is 164 Å². The Morgan fingerprint density at radius 2 is 1.61 bits per heavy atom. The molecule has 0 saturated carbocycles. The molecule has 2 aromatic carbocycles. The van der Waals surface area contributed by atoms with Crippen molar-refractivity contribution in [1.82, 2.24) is 9.97 Å². The monoisotopic (exact) mass is 395 g/mol. The van der Waals surface area contributed by atoms with Crippen molar-refractivity contribution in [2.24, 2.45) is 0 Å². The molecule has 7 heteroatoms. The maximum absolute atomic E-state index is 12.7. The summed E-state index contributed by atoms with van der Waals surface area (Å²) in [5, 5.41) is 0. The molecule has 0 aliphatic heterocycles. The second kappa shape index (κ2) is 7.90. The molecule has 3 rings (SSSR count). The van der Waals surface area contributed by atoms with Crippen molar-refractivity contribution in [3.05, 3.63) is 77.1 Å². The molecule has 0 atom stereocenters. The summed E-state index contributed by atoms with van der Waals surface area (Å²) in [6.45, 7) is 1.99. The highest BCUT2D eigenvalue weighted by atomic mass is 32.2. The SMILES string of the molecule is Cc1ccc(-c2cnc(N)c(C(=O)Cc3ccc(CS(C)(=O)=O)cc3)n2)cc1. The van der Waals surface area contributed by atoms with Crippen molar-refractivity contribution in [3.63, 3.8) is 0 Å². The van der Waals surface area contributed by atoms with Gasteiger partial charge < -0.3 is 5.73 Å². The summed E-state index contributed by atoms with van der Waals surface area (Å²) in [7, 11) is -3.10. The van der Waals surface area contributed by atoms with Gasteiger partial charge in [-0.25, -0.2) is 18.4 Å². The van der Waals surface area contributed by atoms with E-state index in [1.54, 1.807) is 30.5 Å². The first-order valence-corrected chi connectivity index (χ1v) is 10.8. The van der Waals surface area contributed by atoms with Crippen LogP contribution >= 0.6 is 0 Å². The van der Waals surface area contributed by atoms with E-state index in [9.17, 15) is 13.2 Å². The van der Waals surface area contributed by atoms with E-state index in [4.69, 9.17) is 5.73 Å². The highest BCUT2D eigenvalue weighted by Crippen LogP contribution is 2.20. The van der Waals surface area contributed by atoms with Crippen molar-refractivity contribution in [3.8, 4) is 11.3 Å². The summed E-state index contributed by atoms with van der Waals surface area (Å²) >= 11 is 0. The lowest BCUT2D eigenvalue weighted by atomic mass is 10.0. The molecule has 144 valence electrons. The molecule has 0 amide bonds. The van der Waals surface area contributed by atoms with Gasteiger partial charge in [-0.1, -0.05) is 54.1 Å². The topological polar surface area (TPSA) is 103 Å². The zero-order valence-electron chi connectivity index (χ0n) is 15.7. The number of hydrogen-bond acceptors (Lipinski definition) is 6. The number of nitrogen functional groups attached to an aromatic ring is 1. The van der Waals surface area contributed by atoms with Crippen LogP contribution in [0.1, 0.15) is 27.2 Å². The Kier molecular flexibility index (Phi) is 5.56. The first kappa shape index (κ1) is 19.7. The zero-order chi connectivity index (χ0) is 20.3. The predicted molar refractivity (Wildman–Crippen MR) is 110 cm³/mol. The number of carbonyl (C=O) groups excluding carboxylic acids is 1. The second-order valence-corrected chi connectivity index (χ2v) is 8.98. The summed E-state index contributed by atoms with van der Waals surface area (Å²) in [5.41, 5.74) is 10.0. The number of nitrogens with two attached hydrogens (primary N) is 1. The Hall–Kier alpha value is -3.06. The van der Waals surface area contributed by atoms with Crippen LogP contribution in [0.3, 0.4) is 0 Å². The van der Waals surface area contributed by atoms with Gasteiger partial charge in [-0.05, 0) is 18.1 Å². The summed E-state index contributed by atoms with van der Waals surface area (Å²) in [6.07, 6.45) is 2.85. The molecule has 0 radical (unpaired) electrons. The minimum atomic E-state index is -3.10. The number of nitrogens with zero attached hydrogens (tertiary/aromatic N) is 2. The lowest BCUT2D eigenvalue weighted by Crippen LogP contribution is -2.12. The third-order valence-corrected chi connectivity index (χ3v) is 5.09. The van der Waals surface area contributed by atoms with Crippen LogP contribution in [0.25, 0.3) is 11.3 Å². The molecular formula is C21H21N3O3S. The third kappa shape index (κ3) is 5.01. The molecule has 3 aromatic rings. The second-order valence-electron chi connectivity index (χ2n) is 6.84. The largest absolute Gasteiger partial charge is 0.382 e. The molecule has 1 heterocycles. The molecule has 1 aromatic heterocycles. The summed E-state index contributed by atoms with van der Waals surface area (Å²) in [4.78, 5) is 21.2. The molecule has 28 heavy (non-hydrogen) atoms. The molecular weight excluding hydrogens is 374 g/mol. The van der Waals surface area contributed by atoms with Crippen LogP contribution in [-0.4, -0.2) is 30.4 Å². The molecule has 0 aliphatic carbocycles. The maximum atomic E-state index is 12.7. The van der Waals surface area contributed by atoms with Gasteiger partial charge in [0.25, 0.3) is 0 Å². The van der Waals surface area contributed by atoms with Crippen LogP contribution in [0.15, 0.2) is 54.7 Å². The Balaban J connectivity index is 1.80. The predicted octanol–water partition coefficient (Wildman–Crippen LogP) is 3.00. The van der Waals surface area contributed by atoms with E-state index in [0.29, 0.717) is 11.3 Å². The van der Waals surface area contributed by atoms with Gasteiger partial charge in [0.1, 0.15) is 5.69 Å². The number of hydrogen-bond donors (Lipinski definition) is 1. The lowest BCUT2D eigenvalue weighted by molar-refractivity contribution is 0.0989. The molecule has 6 nitrogen and oxygen atoms in total. The number of carbonyl (C=O) groups is 1. The lowest BCUT2D eigenvalue weighted by Gasteiger charge is -2.08. The normalized spacial score (nSPS) is 11.4. The van der Waals surface area contributed by atoms with Crippen molar-refractivity contribution in [1.29, 1.82) is 0 Å². The van der Waals surface area contributed by atoms with Gasteiger partial charge in [-0.3, -0.25) is 4.79 Å². The molecule has 2 N–H and O–H groups in total. The van der Waals surface area contributed by atoms with Gasteiger partial charge in [0.05, 0.1) is 17.6 Å². The Bertz CT molecular complexity index is 1110. The molecule has 0 spiro atoms. The first-order chi connectivity index (χ1) is 13.2. The van der Waals surface area contributed by atoms with Gasteiger partial charge in [0.2, 0.25) is 0 Å². The van der Waals surface area contributed by atoms with Crippen LogP contribution in [-0.2, 0) is 22.0 Å². The smallest absolute Gasteiger partial charge is 0.189 e. The van der Waals surface area contributed by atoms with Gasteiger partial charge in [-0.15, -0.1) is 0 Å². The van der Waals surface area contributed by atoms with Crippen LogP contribution in [0, 0.1) is 6.92 Å². The molecule has 0 aliphatic rings. The van der Waals surface area contributed by atoms with Crippen LogP contribution in [0.5, 0.6) is 0 Å². The number of aromatic nitrogens is 2. The number of rotatable bonds is 6. The van der Waals surface area contributed by atoms with E-state index < -0.39 is 9.84 Å². The third-order valence-electron chi connectivity index (χ3n) is 4.23. The van der Waals surface area contributed by atoms with Gasteiger partial charge in [-0.2, -0.15) is 0 Å². The number of anilines is 1. The highest BCUT2D eigenvalue weighted by molar-refractivity contribution is 7.89. The van der Waals surface area contributed by atoms with E-state index in [1.165, 1.54) is 6.26 Å². The molecule has 0 saturated heterocycles. The number of ketones is 1. The van der Waals surface area contributed by atoms with Crippen LogP contribution in [0.4, 0.5) is 5.82 Å². The van der Waals surface area contributed by atoms with E-state index in [-0.39, 0.29) is 29.5 Å². The van der Waals surface area contributed by atoms with Crippen LogP contribution < -0.4 is 5.73 Å². The Morgan fingerprint density at radius 1 is 1.00 bits per heavy atom. The fraction of sp³-hybridized carbons (Fsp3) is 0.190. The molecule has 0 bridgehead atoms. The number of Topliss-reactive ketones (excluding diaryl/α,β-unsaturated/α-hetero) is 1. The standard InChI is InChI=1S/C21H21N3O3S/c1-14-3-9-17(10-4-14)18-12-23-21(22)20(24-18)19(25)11-15-5-7-16(8-6-15)13-28(2,26)27/h3-10,12H,11,13H2,1-2H3,(H2,22,23). The molecule has 0 fully saturated rings. The van der Waals surface area contributed by atoms with E-state index >= 15 is 0 Å². The Morgan fingerprint density at radius 3 is 2.21 bits per heavy atom. The van der Waals surface area contributed by atoms with E-state index in [2.05, 4.69) is 9.97 Å². The number of aryl methyl sites for hydroxylation is 1. The number of sulfone groups is 1. The fourth-order valence-corrected chi connectivity index (χ4v) is 3.59. The van der Waals surface area contributed by atoms with Crippen molar-refractivity contribution in [2.45, 2.75) is 19.1 Å². The average molecular weight is 395 g/mol. The highest BCUT2D eigenvalue weighted by Gasteiger charge is 2.15. The molecule has 0 unspecified atom stereocenters. The first-order valence-electron chi connectivity index (χ1n) is 8.69. The maximum Gasteiger partial charge on any atom is 0.189 e. The summed E-state index contributed by atoms with van der Waals surface area (Å²) in [5.74, 6) is -0.178. The van der Waals surface area contributed by atoms with Crippen molar-refractivity contribution in [2.75, 3.05) is 12.0 Å². The fourth-order valence-electron chi connectivity index (χ4n) is 2.79. The number of benzene rings is 2. The van der Waals surface area contributed by atoms with Crippen LogP contribution in [0.2, 0.25) is 0 Å². The van der Waals surface area contributed by atoms with Gasteiger partial charge in [0, 0.05) is 18.2 Å².